The first-order valence-corrected chi connectivity index (χ1v) is 7.76. The molecule has 0 unspecified atom stereocenters. The van der Waals surface area contributed by atoms with Crippen LogP contribution < -0.4 is 5.32 Å². The molecule has 0 saturated carbocycles. The lowest BCUT2D eigenvalue weighted by Crippen LogP contribution is -2.32. The molecule has 0 aliphatic heterocycles. The van der Waals surface area contributed by atoms with E-state index in [2.05, 4.69) is 34.3 Å². The molecule has 0 amide bonds. The molecule has 0 aliphatic carbocycles. The fourth-order valence-corrected chi connectivity index (χ4v) is 2.06. The summed E-state index contributed by atoms with van der Waals surface area (Å²) in [6.45, 7) is 11.3. The lowest BCUT2D eigenvalue weighted by atomic mass is 10.2. The van der Waals surface area contributed by atoms with Gasteiger partial charge in [-0.15, -0.1) is 0 Å². The molecule has 1 aromatic heterocycles. The van der Waals surface area contributed by atoms with Crippen LogP contribution >= 0.6 is 0 Å². The van der Waals surface area contributed by atoms with Crippen LogP contribution in [0.3, 0.4) is 0 Å². The van der Waals surface area contributed by atoms with Crippen LogP contribution in [0.4, 0.5) is 0 Å². The van der Waals surface area contributed by atoms with Crippen LogP contribution in [0.1, 0.15) is 32.3 Å². The van der Waals surface area contributed by atoms with Gasteiger partial charge in [0.15, 0.2) is 0 Å². The van der Waals surface area contributed by atoms with E-state index in [0.717, 1.165) is 52.4 Å². The zero-order chi connectivity index (χ0) is 14.5. The second-order valence-electron chi connectivity index (χ2n) is 4.88. The maximum atomic E-state index is 5.32. The molecule has 0 aromatic carbocycles. The molecule has 1 rings (SSSR count). The van der Waals surface area contributed by atoms with Gasteiger partial charge in [0.2, 0.25) is 0 Å². The number of hydrogen-bond donors (Lipinski definition) is 1. The standard InChI is InChI=1S/C16H29N3O/c1-3-19(15-16-7-10-18-11-8-16)13-12-17-9-5-6-14-20-4-2/h7-8,10-11,17H,3-6,9,12-15H2,1-2H3. The van der Waals surface area contributed by atoms with E-state index in [9.17, 15) is 0 Å². The minimum absolute atomic E-state index is 0.827. The molecular formula is C16H29N3O. The Hall–Kier alpha value is -0.970. The summed E-state index contributed by atoms with van der Waals surface area (Å²) >= 11 is 0. The minimum atomic E-state index is 0.827. The van der Waals surface area contributed by atoms with Gasteiger partial charge in [0.25, 0.3) is 0 Å². The third-order valence-electron chi connectivity index (χ3n) is 3.30. The van der Waals surface area contributed by atoms with Gasteiger partial charge in [-0.05, 0) is 50.6 Å². The molecular weight excluding hydrogens is 250 g/mol. The van der Waals surface area contributed by atoms with Gasteiger partial charge in [-0.25, -0.2) is 0 Å². The van der Waals surface area contributed by atoms with Crippen molar-refractivity contribution in [2.45, 2.75) is 33.2 Å². The SMILES string of the molecule is CCOCCCCNCCN(CC)Cc1ccncc1. The molecule has 0 atom stereocenters. The number of ether oxygens (including phenoxy) is 1. The van der Waals surface area contributed by atoms with Gasteiger partial charge in [0.1, 0.15) is 0 Å². The number of hydrogen-bond acceptors (Lipinski definition) is 4. The fourth-order valence-electron chi connectivity index (χ4n) is 2.06. The molecule has 0 fully saturated rings. The largest absolute Gasteiger partial charge is 0.382 e. The molecule has 4 nitrogen and oxygen atoms in total. The van der Waals surface area contributed by atoms with E-state index in [4.69, 9.17) is 4.74 Å². The highest BCUT2D eigenvalue weighted by molar-refractivity contribution is 5.09. The number of pyridine rings is 1. The Kier molecular flexibility index (Phi) is 10.1. The Bertz CT molecular complexity index is 319. The minimum Gasteiger partial charge on any atom is -0.382 e. The molecule has 0 saturated heterocycles. The van der Waals surface area contributed by atoms with Gasteiger partial charge in [-0.2, -0.15) is 0 Å². The highest BCUT2D eigenvalue weighted by Crippen LogP contribution is 2.02. The van der Waals surface area contributed by atoms with E-state index in [0.29, 0.717) is 0 Å². The van der Waals surface area contributed by atoms with Crippen LogP contribution in [0, 0.1) is 0 Å². The van der Waals surface area contributed by atoms with Crippen LogP contribution in [-0.2, 0) is 11.3 Å². The van der Waals surface area contributed by atoms with E-state index in [-0.39, 0.29) is 0 Å². The van der Waals surface area contributed by atoms with Crippen molar-refractivity contribution in [2.75, 3.05) is 39.4 Å². The van der Waals surface area contributed by atoms with Crippen molar-refractivity contribution in [3.63, 3.8) is 0 Å². The summed E-state index contributed by atoms with van der Waals surface area (Å²) in [5.74, 6) is 0. The first-order chi connectivity index (χ1) is 9.86. The molecule has 1 heterocycles. The second kappa shape index (κ2) is 11.8. The summed E-state index contributed by atoms with van der Waals surface area (Å²) in [5.41, 5.74) is 1.33. The van der Waals surface area contributed by atoms with Gasteiger partial charge in [-0.3, -0.25) is 9.88 Å². The Morgan fingerprint density at radius 1 is 1.15 bits per heavy atom. The molecule has 0 spiro atoms. The van der Waals surface area contributed by atoms with E-state index in [1.54, 1.807) is 0 Å². The normalized spacial score (nSPS) is 11.2. The fraction of sp³-hybridized carbons (Fsp3) is 0.688. The number of nitrogens with zero attached hydrogens (tertiary/aromatic N) is 2. The van der Waals surface area contributed by atoms with Crippen LogP contribution in [0.15, 0.2) is 24.5 Å². The smallest absolute Gasteiger partial charge is 0.0466 e. The molecule has 114 valence electrons. The van der Waals surface area contributed by atoms with E-state index in [1.165, 1.54) is 12.0 Å². The summed E-state index contributed by atoms with van der Waals surface area (Å²) in [6, 6.07) is 4.17. The summed E-state index contributed by atoms with van der Waals surface area (Å²) in [4.78, 5) is 6.50. The zero-order valence-corrected chi connectivity index (χ0v) is 13.0. The molecule has 20 heavy (non-hydrogen) atoms. The maximum absolute atomic E-state index is 5.32. The lowest BCUT2D eigenvalue weighted by Gasteiger charge is -2.20. The summed E-state index contributed by atoms with van der Waals surface area (Å²) < 4.78 is 5.32. The predicted octanol–water partition coefficient (Wildman–Crippen LogP) is 2.31. The van der Waals surface area contributed by atoms with Crippen LogP contribution in [0.5, 0.6) is 0 Å². The monoisotopic (exact) mass is 279 g/mol. The molecule has 1 N–H and O–H groups in total. The van der Waals surface area contributed by atoms with Crippen molar-refractivity contribution in [2.24, 2.45) is 0 Å². The summed E-state index contributed by atoms with van der Waals surface area (Å²) in [6.07, 6.45) is 6.06. The number of likely N-dealkylation sites (N-methyl/N-ethyl adjacent to an activating group) is 1. The third-order valence-corrected chi connectivity index (χ3v) is 3.30. The highest BCUT2D eigenvalue weighted by atomic mass is 16.5. The van der Waals surface area contributed by atoms with Gasteiger partial charge in [0.05, 0.1) is 0 Å². The van der Waals surface area contributed by atoms with Crippen molar-refractivity contribution < 1.29 is 4.74 Å². The number of unbranched alkanes of at least 4 members (excludes halogenated alkanes) is 1. The number of aromatic nitrogens is 1. The first kappa shape index (κ1) is 17.1. The molecule has 4 heteroatoms. The zero-order valence-electron chi connectivity index (χ0n) is 13.0. The molecule has 0 radical (unpaired) electrons. The van der Waals surface area contributed by atoms with Crippen molar-refractivity contribution in [3.05, 3.63) is 30.1 Å². The van der Waals surface area contributed by atoms with Crippen LogP contribution in [0.2, 0.25) is 0 Å². The molecule has 1 aromatic rings. The maximum Gasteiger partial charge on any atom is 0.0466 e. The number of rotatable bonds is 12. The Morgan fingerprint density at radius 2 is 1.95 bits per heavy atom. The van der Waals surface area contributed by atoms with Gasteiger partial charge in [-0.1, -0.05) is 6.92 Å². The number of nitrogens with one attached hydrogen (secondary N) is 1. The van der Waals surface area contributed by atoms with E-state index < -0.39 is 0 Å². The van der Waals surface area contributed by atoms with Crippen molar-refractivity contribution in [1.29, 1.82) is 0 Å². The summed E-state index contributed by atoms with van der Waals surface area (Å²) in [7, 11) is 0. The predicted molar refractivity (Wildman–Crippen MR) is 83.8 cm³/mol. The topological polar surface area (TPSA) is 37.4 Å². The van der Waals surface area contributed by atoms with Crippen LogP contribution in [0.25, 0.3) is 0 Å². The highest BCUT2D eigenvalue weighted by Gasteiger charge is 2.02. The Balaban J connectivity index is 2.04. The average molecular weight is 279 g/mol. The second-order valence-corrected chi connectivity index (χ2v) is 4.88. The Morgan fingerprint density at radius 3 is 2.65 bits per heavy atom. The van der Waals surface area contributed by atoms with Crippen LogP contribution in [-0.4, -0.2) is 49.3 Å². The quantitative estimate of drug-likeness (QED) is 0.596. The lowest BCUT2D eigenvalue weighted by molar-refractivity contribution is 0.143. The van der Waals surface area contributed by atoms with Gasteiger partial charge < -0.3 is 10.1 Å². The van der Waals surface area contributed by atoms with Crippen molar-refractivity contribution >= 4 is 0 Å². The van der Waals surface area contributed by atoms with Crippen molar-refractivity contribution in [1.82, 2.24) is 15.2 Å². The first-order valence-electron chi connectivity index (χ1n) is 7.76. The molecule has 0 aliphatic rings. The molecule has 0 bridgehead atoms. The van der Waals surface area contributed by atoms with Gasteiger partial charge in [0, 0.05) is 45.2 Å². The Labute approximate surface area is 123 Å². The average Bonchev–Trinajstić information content (AvgIpc) is 2.49. The third kappa shape index (κ3) is 8.25. The van der Waals surface area contributed by atoms with E-state index >= 15 is 0 Å². The summed E-state index contributed by atoms with van der Waals surface area (Å²) in [5, 5.41) is 3.50. The van der Waals surface area contributed by atoms with Crippen molar-refractivity contribution in [3.8, 4) is 0 Å². The van der Waals surface area contributed by atoms with E-state index in [1.807, 2.05) is 19.3 Å². The van der Waals surface area contributed by atoms with Gasteiger partial charge >= 0.3 is 0 Å².